The van der Waals surface area contributed by atoms with E-state index in [1.807, 2.05) is 30.3 Å². The van der Waals surface area contributed by atoms with E-state index in [9.17, 15) is 5.11 Å². The van der Waals surface area contributed by atoms with E-state index in [4.69, 9.17) is 58.0 Å². The van der Waals surface area contributed by atoms with Gasteiger partial charge in [0.05, 0.1) is 6.10 Å². The van der Waals surface area contributed by atoms with Gasteiger partial charge >= 0.3 is 0 Å². The highest BCUT2D eigenvalue weighted by Gasteiger charge is 2.48. The molecule has 0 aliphatic rings. The normalized spacial score (nSPS) is 14.6. The van der Waals surface area contributed by atoms with Gasteiger partial charge in [0.15, 0.2) is 4.33 Å². The number of alkyl halides is 5. The number of rotatable bonds is 2. The lowest BCUT2D eigenvalue weighted by Gasteiger charge is -2.31. The largest absolute Gasteiger partial charge is 0.389 e. The van der Waals surface area contributed by atoms with Crippen LogP contribution in [0.4, 0.5) is 0 Å². The average Bonchev–Trinajstić information content (AvgIpc) is 2.35. The third-order valence-corrected chi connectivity index (χ3v) is 5.49. The van der Waals surface area contributed by atoms with Crippen LogP contribution in [0.2, 0.25) is 0 Å². The Morgan fingerprint density at radius 2 is 1.55 bits per heavy atom. The van der Waals surface area contributed by atoms with Crippen molar-refractivity contribution in [3.05, 3.63) is 47.5 Å². The maximum atomic E-state index is 10.1. The fourth-order valence-electron chi connectivity index (χ4n) is 2.17. The molecule has 6 heteroatoms. The summed E-state index contributed by atoms with van der Waals surface area (Å²) in [6.07, 6.45) is -0.805. The summed E-state index contributed by atoms with van der Waals surface area (Å²) in [5, 5.41) is 11.8. The van der Waals surface area contributed by atoms with Crippen LogP contribution < -0.4 is 0 Å². The predicted molar refractivity (Wildman–Crippen MR) is 88.3 cm³/mol. The van der Waals surface area contributed by atoms with Gasteiger partial charge in [0.1, 0.15) is 0 Å². The third-order valence-electron chi connectivity index (χ3n) is 3.08. The van der Waals surface area contributed by atoms with Crippen molar-refractivity contribution in [1.82, 2.24) is 0 Å². The number of hydrogen-bond acceptors (Lipinski definition) is 1. The lowest BCUT2D eigenvalue weighted by molar-refractivity contribution is 0.199. The highest BCUT2D eigenvalue weighted by atomic mass is 35.6. The van der Waals surface area contributed by atoms with Crippen molar-refractivity contribution in [3.8, 4) is 0 Å². The van der Waals surface area contributed by atoms with Crippen molar-refractivity contribution in [3.63, 3.8) is 0 Å². The second kappa shape index (κ2) is 5.72. The van der Waals surface area contributed by atoms with Crippen molar-refractivity contribution >= 4 is 68.8 Å². The summed E-state index contributed by atoms with van der Waals surface area (Å²) in [5.74, 6) is 0. The second-order valence-corrected chi connectivity index (χ2v) is 8.10. The molecule has 20 heavy (non-hydrogen) atoms. The van der Waals surface area contributed by atoms with E-state index < -0.39 is 14.2 Å². The third kappa shape index (κ3) is 2.85. The van der Waals surface area contributed by atoms with Gasteiger partial charge in [0.25, 0.3) is 0 Å². The van der Waals surface area contributed by atoms with E-state index >= 15 is 0 Å². The lowest BCUT2D eigenvalue weighted by atomic mass is 9.93. The molecule has 0 amide bonds. The summed E-state index contributed by atoms with van der Waals surface area (Å²) in [6, 6.07) is 11.0. The van der Waals surface area contributed by atoms with Gasteiger partial charge in [-0.1, -0.05) is 94.4 Å². The van der Waals surface area contributed by atoms with E-state index in [1.54, 1.807) is 13.0 Å². The SMILES string of the molecule is CC(O)c1c(C(Cl)(Cl)C(Cl)(Cl)Cl)ccc2ccccc12. The zero-order valence-corrected chi connectivity index (χ0v) is 14.2. The van der Waals surface area contributed by atoms with Crippen molar-refractivity contribution in [1.29, 1.82) is 0 Å². The molecule has 1 N–H and O–H groups in total. The molecule has 0 aliphatic heterocycles. The molecule has 0 fully saturated rings. The average molecular weight is 373 g/mol. The second-order valence-electron chi connectivity index (χ2n) is 4.50. The van der Waals surface area contributed by atoms with Gasteiger partial charge in [-0.3, -0.25) is 0 Å². The number of halogens is 5. The maximum Gasteiger partial charge on any atom is 0.227 e. The van der Waals surface area contributed by atoms with Crippen LogP contribution in [0, 0.1) is 0 Å². The van der Waals surface area contributed by atoms with Crippen molar-refractivity contribution in [2.75, 3.05) is 0 Å². The first-order valence-corrected chi connectivity index (χ1v) is 7.70. The van der Waals surface area contributed by atoms with Gasteiger partial charge in [0, 0.05) is 0 Å². The number of aliphatic hydroxyl groups excluding tert-OH is 1. The Hall–Kier alpha value is 0.110. The van der Waals surface area contributed by atoms with E-state index in [-0.39, 0.29) is 0 Å². The minimum atomic E-state index is -1.93. The van der Waals surface area contributed by atoms with E-state index in [1.165, 1.54) is 0 Å². The highest BCUT2D eigenvalue weighted by molar-refractivity contribution is 6.75. The molecule has 2 aromatic rings. The maximum absolute atomic E-state index is 10.1. The molecule has 2 aromatic carbocycles. The zero-order chi connectivity index (χ0) is 15.1. The molecule has 0 saturated carbocycles. The fraction of sp³-hybridized carbons (Fsp3) is 0.286. The summed E-state index contributed by atoms with van der Waals surface area (Å²) in [4.78, 5) is 0. The van der Waals surface area contributed by atoms with E-state index in [0.717, 1.165) is 10.8 Å². The molecule has 0 bridgehead atoms. The Morgan fingerprint density at radius 3 is 2.10 bits per heavy atom. The molecular formula is C14H11Cl5O. The minimum absolute atomic E-state index is 0.384. The number of aliphatic hydroxyl groups is 1. The van der Waals surface area contributed by atoms with Crippen molar-refractivity contribution < 1.29 is 5.11 Å². The molecule has 2 rings (SSSR count). The first kappa shape index (κ1) is 16.5. The monoisotopic (exact) mass is 370 g/mol. The summed E-state index contributed by atoms with van der Waals surface area (Å²) in [7, 11) is 0. The molecule has 1 atom stereocenters. The van der Waals surface area contributed by atoms with Crippen LogP contribution in [0.15, 0.2) is 36.4 Å². The minimum Gasteiger partial charge on any atom is -0.389 e. The van der Waals surface area contributed by atoms with Crippen LogP contribution in [-0.2, 0) is 4.33 Å². The van der Waals surface area contributed by atoms with Gasteiger partial charge in [-0.25, -0.2) is 0 Å². The smallest absolute Gasteiger partial charge is 0.227 e. The highest BCUT2D eigenvalue weighted by Crippen LogP contribution is 2.54. The summed E-state index contributed by atoms with van der Waals surface area (Å²) < 4.78 is -3.70. The Balaban J connectivity index is 2.81. The van der Waals surface area contributed by atoms with Crippen LogP contribution in [0.25, 0.3) is 10.8 Å². The number of hydrogen-bond donors (Lipinski definition) is 1. The first-order chi connectivity index (χ1) is 9.16. The first-order valence-electron chi connectivity index (χ1n) is 5.81. The summed E-state index contributed by atoms with van der Waals surface area (Å²) in [6.45, 7) is 1.62. The molecular weight excluding hydrogens is 361 g/mol. The van der Waals surface area contributed by atoms with Crippen LogP contribution >= 0.6 is 58.0 Å². The standard InChI is InChI=1S/C14H11Cl5O/c1-8(20)12-10-5-3-2-4-9(10)6-7-11(12)13(15,16)14(17,18)19/h2-8,20H,1H3. The van der Waals surface area contributed by atoms with Gasteiger partial charge in [-0.05, 0) is 28.8 Å². The molecule has 108 valence electrons. The van der Waals surface area contributed by atoms with Crippen LogP contribution in [-0.4, -0.2) is 8.90 Å². The summed E-state index contributed by atoms with van der Waals surface area (Å²) in [5.41, 5.74) is 0.939. The molecule has 0 spiro atoms. The van der Waals surface area contributed by atoms with Crippen LogP contribution in [0.1, 0.15) is 24.2 Å². The van der Waals surface area contributed by atoms with Gasteiger partial charge in [-0.2, -0.15) is 0 Å². The summed E-state index contributed by atoms with van der Waals surface area (Å²) >= 11 is 30.1. The Kier molecular flexibility index (Phi) is 4.71. The molecule has 0 heterocycles. The van der Waals surface area contributed by atoms with Gasteiger partial charge < -0.3 is 5.11 Å². The molecule has 1 nitrogen and oxygen atoms in total. The zero-order valence-electron chi connectivity index (χ0n) is 10.4. The Labute approximate surface area is 142 Å². The molecule has 0 aliphatic carbocycles. The Bertz CT molecular complexity index is 631. The van der Waals surface area contributed by atoms with Crippen molar-refractivity contribution in [2.24, 2.45) is 0 Å². The topological polar surface area (TPSA) is 20.2 Å². The van der Waals surface area contributed by atoms with Crippen LogP contribution in [0.3, 0.4) is 0 Å². The van der Waals surface area contributed by atoms with Gasteiger partial charge in [-0.15, -0.1) is 0 Å². The van der Waals surface area contributed by atoms with Gasteiger partial charge in [0.2, 0.25) is 3.79 Å². The molecule has 0 radical (unpaired) electrons. The molecule has 0 aromatic heterocycles. The van der Waals surface area contributed by atoms with E-state index in [0.29, 0.717) is 11.1 Å². The molecule has 0 saturated heterocycles. The lowest BCUT2D eigenvalue weighted by Crippen LogP contribution is -2.30. The number of benzene rings is 2. The van der Waals surface area contributed by atoms with E-state index in [2.05, 4.69) is 0 Å². The van der Waals surface area contributed by atoms with Crippen molar-refractivity contribution in [2.45, 2.75) is 21.2 Å². The molecule has 1 unspecified atom stereocenters. The quantitative estimate of drug-likeness (QED) is 0.651. The fourth-order valence-corrected chi connectivity index (χ4v) is 2.81. The predicted octanol–water partition coefficient (Wildman–Crippen LogP) is 5.89. The van der Waals surface area contributed by atoms with Crippen LogP contribution in [0.5, 0.6) is 0 Å². The number of fused-ring (bicyclic) bond motifs is 1. The Morgan fingerprint density at radius 1 is 0.950 bits per heavy atom.